The van der Waals surface area contributed by atoms with Crippen LogP contribution in [0.25, 0.3) is 0 Å². The van der Waals surface area contributed by atoms with Gasteiger partial charge in [-0.15, -0.1) is 0 Å². The smallest absolute Gasteiger partial charge is 0.306 e. The van der Waals surface area contributed by atoms with Gasteiger partial charge in [0, 0.05) is 19.3 Å². The van der Waals surface area contributed by atoms with Crippen LogP contribution in [-0.4, -0.2) is 37.2 Å². The highest BCUT2D eigenvalue weighted by atomic mass is 16.6. The third-order valence-electron chi connectivity index (χ3n) is 12.6. The minimum absolute atomic E-state index is 0.0640. The molecule has 0 N–H and O–H groups in total. The van der Waals surface area contributed by atoms with Gasteiger partial charge in [0.05, 0.1) is 0 Å². The van der Waals surface area contributed by atoms with E-state index in [4.69, 9.17) is 14.2 Å². The quantitative estimate of drug-likeness (QED) is 0.0344. The molecule has 6 nitrogen and oxygen atoms in total. The van der Waals surface area contributed by atoms with Crippen molar-refractivity contribution in [1.29, 1.82) is 0 Å². The second kappa shape index (κ2) is 47.4. The number of ether oxygens (including phenoxy) is 3. The van der Waals surface area contributed by atoms with Crippen LogP contribution in [0.4, 0.5) is 0 Å². The van der Waals surface area contributed by atoms with Gasteiger partial charge in [-0.1, -0.05) is 266 Å². The van der Waals surface area contributed by atoms with Crippen molar-refractivity contribution >= 4 is 17.9 Å². The lowest BCUT2D eigenvalue weighted by Crippen LogP contribution is -2.30. The molecule has 0 unspecified atom stereocenters. The van der Waals surface area contributed by atoms with Crippen molar-refractivity contribution < 1.29 is 28.6 Å². The van der Waals surface area contributed by atoms with Crippen molar-refractivity contribution in [3.63, 3.8) is 0 Å². The maximum Gasteiger partial charge on any atom is 0.306 e. The first-order chi connectivity index (χ1) is 30.1. The van der Waals surface area contributed by atoms with Gasteiger partial charge in [-0.3, -0.25) is 14.4 Å². The Balaban J connectivity index is 4.31. The maximum absolute atomic E-state index is 12.8. The summed E-state index contributed by atoms with van der Waals surface area (Å²) in [6, 6.07) is 0. The highest BCUT2D eigenvalue weighted by molar-refractivity contribution is 5.71. The molecule has 0 heterocycles. The number of hydrogen-bond acceptors (Lipinski definition) is 6. The molecule has 0 spiro atoms. The number of unbranched alkanes of at least 4 members (excludes halogenated alkanes) is 32. The normalized spacial score (nSPS) is 12.1. The van der Waals surface area contributed by atoms with Crippen LogP contribution in [0, 0.1) is 17.8 Å². The molecule has 0 aliphatic rings. The number of rotatable bonds is 49. The van der Waals surface area contributed by atoms with Crippen LogP contribution in [0.1, 0.15) is 305 Å². The fraction of sp³-hybridized carbons (Fsp3) is 0.946. The number of hydrogen-bond donors (Lipinski definition) is 0. The summed E-state index contributed by atoms with van der Waals surface area (Å²) in [7, 11) is 0. The fourth-order valence-corrected chi connectivity index (χ4v) is 8.47. The van der Waals surface area contributed by atoms with E-state index in [9.17, 15) is 14.4 Å². The monoisotopic (exact) mass is 877 g/mol. The van der Waals surface area contributed by atoms with Crippen molar-refractivity contribution in [2.75, 3.05) is 13.2 Å². The minimum atomic E-state index is -0.763. The Morgan fingerprint density at radius 2 is 0.468 bits per heavy atom. The molecule has 1 atom stereocenters. The number of esters is 3. The maximum atomic E-state index is 12.8. The van der Waals surface area contributed by atoms with Crippen LogP contribution in [0.5, 0.6) is 0 Å². The Labute approximate surface area is 387 Å². The highest BCUT2D eigenvalue weighted by Crippen LogP contribution is 2.18. The molecule has 0 amide bonds. The molecule has 0 fully saturated rings. The van der Waals surface area contributed by atoms with Gasteiger partial charge in [-0.25, -0.2) is 0 Å². The first-order valence-electron chi connectivity index (χ1n) is 27.6. The van der Waals surface area contributed by atoms with Crippen molar-refractivity contribution in [2.24, 2.45) is 17.8 Å². The first kappa shape index (κ1) is 60.4. The van der Waals surface area contributed by atoms with Crippen molar-refractivity contribution in [1.82, 2.24) is 0 Å². The molecule has 0 radical (unpaired) electrons. The van der Waals surface area contributed by atoms with Crippen LogP contribution < -0.4 is 0 Å². The van der Waals surface area contributed by atoms with Crippen molar-refractivity contribution in [3.8, 4) is 0 Å². The van der Waals surface area contributed by atoms with Crippen LogP contribution >= 0.6 is 0 Å². The summed E-state index contributed by atoms with van der Waals surface area (Å²) >= 11 is 0. The standard InChI is InChI=1S/C56H108O6/c1-50(2)42-36-30-24-18-12-8-7-9-15-21-27-33-39-45-54(57)60-48-53(62-56(59)47-41-35-29-23-17-11-14-20-26-32-38-44-52(5)6)49-61-55(58)46-40-34-28-22-16-10-13-19-25-31-37-43-51(3)4/h50-53H,7-49H2,1-6H3/t53-/m0/s1. The molecular formula is C56H108O6. The minimum Gasteiger partial charge on any atom is -0.462 e. The number of carbonyl (C=O) groups is 3. The van der Waals surface area contributed by atoms with Crippen LogP contribution in [0.15, 0.2) is 0 Å². The molecule has 0 aliphatic carbocycles. The van der Waals surface area contributed by atoms with Gasteiger partial charge in [0.1, 0.15) is 13.2 Å². The van der Waals surface area contributed by atoms with E-state index in [0.717, 1.165) is 75.5 Å². The summed E-state index contributed by atoms with van der Waals surface area (Å²) in [5.74, 6) is 1.64. The topological polar surface area (TPSA) is 78.9 Å². The zero-order chi connectivity index (χ0) is 45.6. The molecule has 368 valence electrons. The first-order valence-corrected chi connectivity index (χ1v) is 27.6. The third-order valence-corrected chi connectivity index (χ3v) is 12.6. The lowest BCUT2D eigenvalue weighted by molar-refractivity contribution is -0.167. The summed E-state index contributed by atoms with van der Waals surface area (Å²) in [5.41, 5.74) is 0. The summed E-state index contributed by atoms with van der Waals surface area (Å²) < 4.78 is 16.9. The van der Waals surface area contributed by atoms with E-state index in [0.29, 0.717) is 19.3 Å². The average molecular weight is 877 g/mol. The summed E-state index contributed by atoms with van der Waals surface area (Å²) in [6.07, 6.45) is 48.0. The average Bonchev–Trinajstić information content (AvgIpc) is 3.23. The van der Waals surface area contributed by atoms with Crippen LogP contribution in [0.2, 0.25) is 0 Å². The molecule has 0 bridgehead atoms. The molecule has 0 aromatic rings. The summed E-state index contributed by atoms with van der Waals surface area (Å²) in [5, 5.41) is 0. The molecule has 0 rings (SSSR count). The van der Waals surface area contributed by atoms with E-state index >= 15 is 0 Å². The Morgan fingerprint density at radius 3 is 0.694 bits per heavy atom. The van der Waals surface area contributed by atoms with Gasteiger partial charge in [0.2, 0.25) is 0 Å². The van der Waals surface area contributed by atoms with E-state index in [1.165, 1.54) is 186 Å². The molecule has 6 heteroatoms. The summed E-state index contributed by atoms with van der Waals surface area (Å²) in [6.45, 7) is 13.7. The van der Waals surface area contributed by atoms with Gasteiger partial charge in [-0.05, 0) is 37.0 Å². The molecule has 0 aromatic carbocycles. The van der Waals surface area contributed by atoms with E-state index < -0.39 is 6.10 Å². The number of carbonyl (C=O) groups excluding carboxylic acids is 3. The summed E-state index contributed by atoms with van der Waals surface area (Å²) in [4.78, 5) is 38.1. The lowest BCUT2D eigenvalue weighted by atomic mass is 10.0. The van der Waals surface area contributed by atoms with E-state index in [1.807, 2.05) is 0 Å². The third kappa shape index (κ3) is 49.4. The Kier molecular flexibility index (Phi) is 46.2. The molecule has 0 aromatic heterocycles. The van der Waals surface area contributed by atoms with Gasteiger partial charge in [0.15, 0.2) is 6.10 Å². The zero-order valence-electron chi connectivity index (χ0n) is 42.7. The Bertz CT molecular complexity index is 960. The molecule has 0 saturated carbocycles. The second-order valence-corrected chi connectivity index (χ2v) is 20.6. The van der Waals surface area contributed by atoms with E-state index in [1.54, 1.807) is 0 Å². The zero-order valence-corrected chi connectivity index (χ0v) is 42.7. The molecule has 0 aliphatic heterocycles. The molecule has 0 saturated heterocycles. The molecular weight excluding hydrogens is 769 g/mol. The van der Waals surface area contributed by atoms with E-state index in [2.05, 4.69) is 41.5 Å². The second-order valence-electron chi connectivity index (χ2n) is 20.6. The molecule has 62 heavy (non-hydrogen) atoms. The van der Waals surface area contributed by atoms with Gasteiger partial charge < -0.3 is 14.2 Å². The van der Waals surface area contributed by atoms with Gasteiger partial charge in [0.25, 0.3) is 0 Å². The van der Waals surface area contributed by atoms with Gasteiger partial charge in [-0.2, -0.15) is 0 Å². The van der Waals surface area contributed by atoms with Crippen LogP contribution in [-0.2, 0) is 28.6 Å². The lowest BCUT2D eigenvalue weighted by Gasteiger charge is -2.18. The fourth-order valence-electron chi connectivity index (χ4n) is 8.47. The van der Waals surface area contributed by atoms with Crippen molar-refractivity contribution in [3.05, 3.63) is 0 Å². The Morgan fingerprint density at radius 1 is 0.274 bits per heavy atom. The van der Waals surface area contributed by atoms with Crippen LogP contribution in [0.3, 0.4) is 0 Å². The van der Waals surface area contributed by atoms with E-state index in [-0.39, 0.29) is 31.1 Å². The largest absolute Gasteiger partial charge is 0.462 e. The highest BCUT2D eigenvalue weighted by Gasteiger charge is 2.19. The predicted molar refractivity (Wildman–Crippen MR) is 266 cm³/mol. The Hall–Kier alpha value is -1.59. The predicted octanol–water partition coefficient (Wildman–Crippen LogP) is 17.9. The van der Waals surface area contributed by atoms with Gasteiger partial charge >= 0.3 is 17.9 Å². The SMILES string of the molecule is CC(C)CCCCCCCCCCCCCCCC(=O)OC[C@@H](COC(=O)CCCCCCCCCCCCCC(C)C)OC(=O)CCCCCCCCCCCCCC(C)C. The van der Waals surface area contributed by atoms with Crippen molar-refractivity contribution in [2.45, 2.75) is 311 Å².